The maximum atomic E-state index is 2.67. The fourth-order valence-electron chi connectivity index (χ4n) is 12.7. The molecule has 0 unspecified atom stereocenters. The quantitative estimate of drug-likeness (QED) is 0.0300. The molecule has 9 heterocycles. The molecule has 0 nitrogen and oxygen atoms in total. The molecule has 0 aliphatic carbocycles. The molecular formula is C71H86S9Sn. The molecule has 9 aromatic heterocycles. The van der Waals surface area contributed by atoms with Crippen LogP contribution < -0.4 is 2.89 Å². The Morgan fingerprint density at radius 1 is 0.235 bits per heavy atom. The second-order valence-corrected chi connectivity index (χ2v) is 50.1. The third-order valence-electron chi connectivity index (χ3n) is 17.3. The second-order valence-electron chi connectivity index (χ2n) is 24.9. The van der Waals surface area contributed by atoms with Crippen LogP contribution >= 0.6 is 102 Å². The van der Waals surface area contributed by atoms with Crippen LogP contribution in [0.25, 0.3) is 110 Å². The third kappa shape index (κ3) is 12.8. The molecule has 0 N–H and O–H groups in total. The molecule has 0 fully saturated rings. The first-order valence-corrected chi connectivity index (χ1v) is 49.2. The van der Waals surface area contributed by atoms with Gasteiger partial charge in [0.15, 0.2) is 0 Å². The molecule has 3 aromatic carbocycles. The van der Waals surface area contributed by atoms with Gasteiger partial charge in [-0.15, -0.1) is 0 Å². The van der Waals surface area contributed by atoms with Gasteiger partial charge in [-0.05, 0) is 51.4 Å². The van der Waals surface area contributed by atoms with Gasteiger partial charge in [0.25, 0.3) is 0 Å². The van der Waals surface area contributed by atoms with Gasteiger partial charge in [-0.2, -0.15) is 0 Å². The van der Waals surface area contributed by atoms with Crippen molar-refractivity contribution in [1.29, 1.82) is 0 Å². The summed E-state index contributed by atoms with van der Waals surface area (Å²) in [5, 5.41) is 13.6. The zero-order valence-electron chi connectivity index (χ0n) is 49.7. The molecule has 0 atom stereocenters. The molecule has 12 aromatic rings. The molecule has 0 aliphatic rings. The van der Waals surface area contributed by atoms with Crippen LogP contribution in [0.3, 0.4) is 0 Å². The Morgan fingerprint density at radius 3 is 0.704 bits per heavy atom. The second kappa shape index (κ2) is 27.0. The predicted octanol–water partition coefficient (Wildman–Crippen LogP) is 28.1. The van der Waals surface area contributed by atoms with Crippen molar-refractivity contribution in [3.63, 3.8) is 0 Å². The fraction of sp³-hybridized carbons (Fsp3) is 0.493. The Morgan fingerprint density at radius 2 is 0.444 bits per heavy atom. The van der Waals surface area contributed by atoms with Gasteiger partial charge < -0.3 is 0 Å². The van der Waals surface area contributed by atoms with E-state index in [1.165, 1.54) is 281 Å². The van der Waals surface area contributed by atoms with Gasteiger partial charge in [-0.1, -0.05) is 156 Å². The van der Waals surface area contributed by atoms with Crippen LogP contribution in [0.5, 0.6) is 0 Å². The van der Waals surface area contributed by atoms with E-state index in [2.05, 4.69) is 199 Å². The zero-order valence-corrected chi connectivity index (χ0v) is 59.9. The minimum atomic E-state index is -2.43. The molecule has 0 bridgehead atoms. The summed E-state index contributed by atoms with van der Waals surface area (Å²) in [5.74, 6) is 0. The Labute approximate surface area is 524 Å². The Hall–Kier alpha value is -1.90. The SMILES string of the molecule is CCCCCCCCc1cc2c(s1)c1cc(CCCCCCCC)sc1c1cc(-c3cc4c(s3)c3cc(-c5cc6c7sc(CCCCCCCC)cc7c7sc(CCCCCCCC)cc7c6s5)sc3c3c[c]([Sn]([CH3])([CH3])[CH3])sc43)sc21. The predicted molar refractivity (Wildman–Crippen MR) is 387 cm³/mol. The number of unbranched alkanes of at least 4 members (excludes halogenated alkanes) is 20. The summed E-state index contributed by atoms with van der Waals surface area (Å²) in [6.45, 7) is 9.31. The van der Waals surface area contributed by atoms with Crippen molar-refractivity contribution in [2.24, 2.45) is 0 Å². The number of rotatable bonds is 31. The summed E-state index contributed by atoms with van der Waals surface area (Å²) in [4.78, 5) is 20.0. The fourth-order valence-corrected chi connectivity index (χ4v) is 29.5. The summed E-state index contributed by atoms with van der Waals surface area (Å²) < 4.78 is 15.4. The average molecular weight is 1350 g/mol. The van der Waals surface area contributed by atoms with Crippen LogP contribution in [0.1, 0.15) is 201 Å². The maximum absolute atomic E-state index is 2.67. The molecule has 428 valence electrons. The van der Waals surface area contributed by atoms with Crippen molar-refractivity contribution < 1.29 is 0 Å². The molecule has 0 radical (unpaired) electrons. The summed E-state index contributed by atoms with van der Waals surface area (Å²) in [5.41, 5.74) is 0. The van der Waals surface area contributed by atoms with E-state index in [-0.39, 0.29) is 0 Å². The van der Waals surface area contributed by atoms with Crippen molar-refractivity contribution in [2.45, 2.75) is 222 Å². The molecule has 81 heavy (non-hydrogen) atoms. The molecular weight excluding hydrogens is 1260 g/mol. The van der Waals surface area contributed by atoms with Crippen LogP contribution in [0, 0.1) is 0 Å². The Balaban J connectivity index is 0.945. The third-order valence-corrected chi connectivity index (χ3v) is 37.9. The topological polar surface area (TPSA) is 0 Å². The van der Waals surface area contributed by atoms with E-state index in [4.69, 9.17) is 0 Å². The van der Waals surface area contributed by atoms with Crippen molar-refractivity contribution in [2.75, 3.05) is 0 Å². The van der Waals surface area contributed by atoms with E-state index in [1.807, 2.05) is 0 Å². The van der Waals surface area contributed by atoms with Crippen LogP contribution in [0.2, 0.25) is 14.8 Å². The monoisotopic (exact) mass is 1350 g/mol. The van der Waals surface area contributed by atoms with E-state index in [9.17, 15) is 0 Å². The minimum absolute atomic E-state index is 1.22. The van der Waals surface area contributed by atoms with Crippen molar-refractivity contribution in [1.82, 2.24) is 0 Å². The van der Waals surface area contributed by atoms with Gasteiger partial charge >= 0.3 is 323 Å². The summed E-state index contributed by atoms with van der Waals surface area (Å²) in [6, 6.07) is 23.7. The molecule has 10 heteroatoms. The van der Waals surface area contributed by atoms with Crippen molar-refractivity contribution >= 4 is 214 Å². The number of hydrogen-bond donors (Lipinski definition) is 0. The van der Waals surface area contributed by atoms with Gasteiger partial charge in [-0.25, -0.2) is 0 Å². The van der Waals surface area contributed by atoms with E-state index < -0.39 is 18.4 Å². The van der Waals surface area contributed by atoms with E-state index in [0.717, 1.165) is 0 Å². The summed E-state index contributed by atoms with van der Waals surface area (Å²) in [6.07, 6.45) is 37.3. The number of hydrogen-bond acceptors (Lipinski definition) is 9. The Bertz CT molecular complexity index is 3650. The molecule has 0 spiro atoms. The van der Waals surface area contributed by atoms with Crippen molar-refractivity contribution in [3.05, 3.63) is 74.1 Å². The van der Waals surface area contributed by atoms with Gasteiger partial charge in [0, 0.05) is 0 Å². The van der Waals surface area contributed by atoms with Gasteiger partial charge in [0.05, 0.1) is 0 Å². The molecule has 0 saturated carbocycles. The molecule has 0 saturated heterocycles. The van der Waals surface area contributed by atoms with Crippen LogP contribution in [-0.2, 0) is 25.7 Å². The number of fused-ring (bicyclic) bond motifs is 18. The zero-order chi connectivity index (χ0) is 55.6. The average Bonchev–Trinajstić information content (AvgIpc) is 3.69. The van der Waals surface area contributed by atoms with E-state index >= 15 is 0 Å². The van der Waals surface area contributed by atoms with Crippen molar-refractivity contribution in [3.8, 4) is 19.5 Å². The normalized spacial score (nSPS) is 12.8. The van der Waals surface area contributed by atoms with Gasteiger partial charge in [0.1, 0.15) is 0 Å². The van der Waals surface area contributed by atoms with Gasteiger partial charge in [-0.3, -0.25) is 0 Å². The van der Waals surface area contributed by atoms with E-state index in [0.29, 0.717) is 0 Å². The summed E-state index contributed by atoms with van der Waals surface area (Å²) >= 11 is 16.5. The first-order valence-electron chi connectivity index (χ1n) is 31.9. The summed E-state index contributed by atoms with van der Waals surface area (Å²) in [7, 11) is 0. The van der Waals surface area contributed by atoms with E-state index in [1.54, 1.807) is 31.8 Å². The number of benzene rings is 3. The molecule has 12 rings (SSSR count). The first kappa shape index (κ1) is 59.4. The number of aryl methyl sites for hydroxylation is 4. The van der Waals surface area contributed by atoms with Gasteiger partial charge in [0.2, 0.25) is 0 Å². The first-order chi connectivity index (χ1) is 39.6. The number of thiophene rings is 9. The molecule has 0 aliphatic heterocycles. The van der Waals surface area contributed by atoms with Crippen LogP contribution in [0.15, 0.2) is 54.6 Å². The standard InChI is InChI=1S/C68H77S9.3CH3.Sn/c1-5-9-13-17-21-25-29-43-35-48-62-50(37-45(70-62)31-27-23-19-15-11-7-3)66-54(64(48)72-43)41-58(75-66)56-39-52-60-47(33-34-69-60)61-53(68(52)77-56)40-57(74-61)59-42-55-65-49(36-44(73-65)30-26-22-18-14-10-6-2)63-51(67(55)76-59)38-46(71-63)32-28-24-20-16-12-8-4;;;;/h33,35-42H,5-32H2,1-4H3;3*1H3;. The van der Waals surface area contributed by atoms with Crippen LogP contribution in [-0.4, -0.2) is 18.4 Å². The molecule has 0 amide bonds. The van der Waals surface area contributed by atoms with Crippen LogP contribution in [0.4, 0.5) is 0 Å². The Kier molecular flexibility index (Phi) is 19.8.